The quantitative estimate of drug-likeness (QED) is 0.466. The largest absolute Gasteiger partial charge is 0.468 e. The summed E-state index contributed by atoms with van der Waals surface area (Å²) in [6, 6.07) is 5.86. The van der Waals surface area contributed by atoms with Crippen molar-refractivity contribution in [1.29, 1.82) is 5.26 Å². The molecule has 1 saturated carbocycles. The molecule has 3 rings (SSSR count). The molecule has 1 aliphatic heterocycles. The van der Waals surface area contributed by atoms with Gasteiger partial charge in [0.25, 0.3) is 0 Å². The predicted octanol–water partition coefficient (Wildman–Crippen LogP) is 3.89. The van der Waals surface area contributed by atoms with Gasteiger partial charge in [0.1, 0.15) is 12.4 Å². The number of ether oxygens (including phenoxy) is 1. The Balaban J connectivity index is 1.79. The maximum Gasteiger partial charge on any atom is 0.337 e. The van der Waals surface area contributed by atoms with E-state index in [9.17, 15) is 14.9 Å². The molecule has 2 aliphatic rings. The molecule has 0 unspecified atom stereocenters. The average Bonchev–Trinajstić information content (AvgIpc) is 3.30. The van der Waals surface area contributed by atoms with Crippen LogP contribution in [0.4, 0.5) is 0 Å². The number of carbonyl (C=O) groups excluding carboxylic acids is 2. The van der Waals surface area contributed by atoms with Gasteiger partial charge in [0.05, 0.1) is 40.2 Å². The molecular weight excluding hydrogens is 414 g/mol. The van der Waals surface area contributed by atoms with Crippen molar-refractivity contribution in [2.45, 2.75) is 51.0 Å². The lowest BCUT2D eigenvalue weighted by molar-refractivity contribution is -0.138. The molecule has 1 aromatic rings. The number of esters is 1. The molecule has 2 N–H and O–H groups in total. The summed E-state index contributed by atoms with van der Waals surface area (Å²) >= 11 is 1.25. The summed E-state index contributed by atoms with van der Waals surface area (Å²) in [5, 5.41) is 16.7. The highest BCUT2D eigenvalue weighted by Gasteiger charge is 2.37. The van der Waals surface area contributed by atoms with E-state index in [0.29, 0.717) is 27.6 Å². The summed E-state index contributed by atoms with van der Waals surface area (Å²) in [7, 11) is 0. The zero-order valence-electron chi connectivity index (χ0n) is 17.6. The Bertz CT molecular complexity index is 921. The molecule has 0 saturated heterocycles. The highest BCUT2D eigenvalue weighted by Crippen LogP contribution is 2.41. The van der Waals surface area contributed by atoms with Gasteiger partial charge in [-0.25, -0.2) is 4.79 Å². The predicted molar refractivity (Wildman–Crippen MR) is 119 cm³/mol. The van der Waals surface area contributed by atoms with Crippen LogP contribution < -0.4 is 10.6 Å². The number of nitrogens with one attached hydrogen (secondary N) is 2. The number of rotatable bonds is 8. The van der Waals surface area contributed by atoms with Gasteiger partial charge in [-0.1, -0.05) is 43.7 Å². The summed E-state index contributed by atoms with van der Waals surface area (Å²) in [5.74, 6) is -0.664. The van der Waals surface area contributed by atoms with Gasteiger partial charge in [0, 0.05) is 11.7 Å². The van der Waals surface area contributed by atoms with Crippen LogP contribution in [0.5, 0.6) is 0 Å². The van der Waals surface area contributed by atoms with Gasteiger partial charge in [-0.2, -0.15) is 5.26 Å². The molecular formula is C23H27N3O4S. The Labute approximate surface area is 186 Å². The summed E-state index contributed by atoms with van der Waals surface area (Å²) in [5.41, 5.74) is 1.19. The van der Waals surface area contributed by atoms with Gasteiger partial charge in [-0.15, -0.1) is 0 Å². The van der Waals surface area contributed by atoms with Crippen LogP contribution in [0.3, 0.4) is 0 Å². The maximum absolute atomic E-state index is 12.7. The molecule has 1 amide bonds. The third kappa shape index (κ3) is 5.61. The Morgan fingerprint density at radius 3 is 2.84 bits per heavy atom. The first-order valence-electron chi connectivity index (χ1n) is 10.4. The van der Waals surface area contributed by atoms with Crippen LogP contribution in [-0.4, -0.2) is 30.3 Å². The van der Waals surface area contributed by atoms with Crippen LogP contribution in [0.25, 0.3) is 0 Å². The zero-order valence-corrected chi connectivity index (χ0v) is 18.4. The van der Waals surface area contributed by atoms with E-state index >= 15 is 0 Å². The van der Waals surface area contributed by atoms with Crippen molar-refractivity contribution in [2.24, 2.45) is 0 Å². The standard InChI is InChI=1S/C23H27N3O4S/c1-3-11-30-23(28)20-15(2)25-22(17(13-24)21(20)18-10-7-12-29-18)31-14-19(27)26-16-8-5-4-6-9-16/h3,7,10,12,16,21,25H,1,4-6,8-9,11,14H2,2H3,(H,26,27)/t21-/m1/s1. The first-order chi connectivity index (χ1) is 15.0. The number of hydrogen-bond acceptors (Lipinski definition) is 7. The van der Waals surface area contributed by atoms with Crippen LogP contribution in [0, 0.1) is 11.3 Å². The van der Waals surface area contributed by atoms with E-state index in [1.54, 1.807) is 19.1 Å². The average molecular weight is 442 g/mol. The first kappa shape index (κ1) is 22.8. The van der Waals surface area contributed by atoms with Crippen LogP contribution in [0.2, 0.25) is 0 Å². The second-order valence-corrected chi connectivity index (χ2v) is 8.53. The van der Waals surface area contributed by atoms with Crippen molar-refractivity contribution in [2.75, 3.05) is 12.4 Å². The molecule has 7 nitrogen and oxygen atoms in total. The van der Waals surface area contributed by atoms with E-state index in [1.807, 2.05) is 0 Å². The van der Waals surface area contributed by atoms with Gasteiger partial charge in [-0.05, 0) is 31.9 Å². The van der Waals surface area contributed by atoms with Gasteiger partial charge in [0.2, 0.25) is 5.91 Å². The molecule has 8 heteroatoms. The van der Waals surface area contributed by atoms with E-state index in [2.05, 4.69) is 23.3 Å². The Kier molecular flexibility index (Phi) is 8.01. The number of thioether (sulfide) groups is 1. The van der Waals surface area contributed by atoms with E-state index in [1.165, 1.54) is 30.5 Å². The van der Waals surface area contributed by atoms with Crippen molar-refractivity contribution < 1.29 is 18.7 Å². The molecule has 0 spiro atoms. The van der Waals surface area contributed by atoms with Crippen molar-refractivity contribution in [3.05, 3.63) is 58.7 Å². The molecule has 31 heavy (non-hydrogen) atoms. The van der Waals surface area contributed by atoms with Gasteiger partial charge in [0.15, 0.2) is 0 Å². The fourth-order valence-corrected chi connectivity index (χ4v) is 4.81. The van der Waals surface area contributed by atoms with E-state index in [0.717, 1.165) is 25.7 Å². The fraction of sp³-hybridized carbons (Fsp3) is 0.435. The first-order valence-corrected chi connectivity index (χ1v) is 11.4. The number of dihydropyridines is 1. The zero-order chi connectivity index (χ0) is 22.2. The van der Waals surface area contributed by atoms with Crippen LogP contribution in [0.1, 0.15) is 50.7 Å². The molecule has 0 radical (unpaired) electrons. The van der Waals surface area contributed by atoms with Crippen LogP contribution >= 0.6 is 11.8 Å². The lowest BCUT2D eigenvalue weighted by Gasteiger charge is -2.28. The maximum atomic E-state index is 12.7. The van der Waals surface area contributed by atoms with Crippen molar-refractivity contribution >= 4 is 23.6 Å². The van der Waals surface area contributed by atoms with Crippen molar-refractivity contribution in [3.8, 4) is 6.07 Å². The monoisotopic (exact) mass is 441 g/mol. The lowest BCUT2D eigenvalue weighted by atomic mass is 9.86. The fourth-order valence-electron chi connectivity index (χ4n) is 3.90. The number of carbonyl (C=O) groups is 2. The van der Waals surface area contributed by atoms with E-state index < -0.39 is 11.9 Å². The van der Waals surface area contributed by atoms with Crippen LogP contribution in [0.15, 0.2) is 57.3 Å². The summed E-state index contributed by atoms with van der Waals surface area (Å²) in [4.78, 5) is 25.2. The molecule has 2 heterocycles. The lowest BCUT2D eigenvalue weighted by Crippen LogP contribution is -2.37. The SMILES string of the molecule is C=CCOC(=O)C1=C(C)NC(SCC(=O)NC2CCCCC2)=C(C#N)[C@@H]1c1ccco1. The third-order valence-electron chi connectivity index (χ3n) is 5.35. The van der Waals surface area contributed by atoms with E-state index in [4.69, 9.17) is 9.15 Å². The summed E-state index contributed by atoms with van der Waals surface area (Å²) in [6.45, 7) is 5.37. The van der Waals surface area contributed by atoms with Crippen molar-refractivity contribution in [1.82, 2.24) is 10.6 Å². The normalized spacial score (nSPS) is 19.4. The number of amides is 1. The summed E-state index contributed by atoms with van der Waals surface area (Å²) in [6.07, 6.45) is 8.52. The second kappa shape index (κ2) is 10.9. The van der Waals surface area contributed by atoms with Gasteiger partial charge >= 0.3 is 5.97 Å². The third-order valence-corrected chi connectivity index (χ3v) is 6.36. The highest BCUT2D eigenvalue weighted by atomic mass is 32.2. The number of hydrogen-bond donors (Lipinski definition) is 2. The minimum absolute atomic E-state index is 0.0594. The van der Waals surface area contributed by atoms with Crippen molar-refractivity contribution in [3.63, 3.8) is 0 Å². The molecule has 0 aromatic carbocycles. The minimum atomic E-state index is -0.706. The number of nitriles is 1. The van der Waals surface area contributed by atoms with E-state index in [-0.39, 0.29) is 24.3 Å². The number of allylic oxidation sites excluding steroid dienone is 2. The second-order valence-electron chi connectivity index (χ2n) is 7.54. The Morgan fingerprint density at radius 1 is 1.42 bits per heavy atom. The molecule has 1 aromatic heterocycles. The Morgan fingerprint density at radius 2 is 2.19 bits per heavy atom. The number of furan rings is 1. The van der Waals surface area contributed by atoms with Crippen LogP contribution in [-0.2, 0) is 14.3 Å². The molecule has 1 aliphatic carbocycles. The minimum Gasteiger partial charge on any atom is -0.468 e. The highest BCUT2D eigenvalue weighted by molar-refractivity contribution is 8.03. The molecule has 1 atom stereocenters. The number of nitrogens with zero attached hydrogens (tertiary/aromatic N) is 1. The Hall–Kier alpha value is -2.92. The molecule has 0 bridgehead atoms. The molecule has 164 valence electrons. The molecule has 1 fully saturated rings. The smallest absolute Gasteiger partial charge is 0.337 e. The summed E-state index contributed by atoms with van der Waals surface area (Å²) < 4.78 is 10.8. The van der Waals surface area contributed by atoms with Gasteiger partial charge in [-0.3, -0.25) is 4.79 Å². The topological polar surface area (TPSA) is 104 Å². The van der Waals surface area contributed by atoms with Gasteiger partial charge < -0.3 is 19.8 Å².